The fraction of sp³-hybridized carbons (Fsp3) is 0.667. The van der Waals surface area contributed by atoms with Crippen LogP contribution >= 0.6 is 0 Å². The first kappa shape index (κ1) is 14.9. The molecule has 3 rings (SSSR count). The molecule has 0 spiro atoms. The zero-order valence-corrected chi connectivity index (χ0v) is 13.5. The summed E-state index contributed by atoms with van der Waals surface area (Å²) in [6.07, 6.45) is 5.54. The van der Waals surface area contributed by atoms with Gasteiger partial charge in [0.05, 0.1) is 7.11 Å². The molecule has 0 aliphatic carbocycles. The minimum Gasteiger partial charge on any atom is -0.497 e. The van der Waals surface area contributed by atoms with E-state index < -0.39 is 0 Å². The van der Waals surface area contributed by atoms with Crippen LogP contribution in [-0.4, -0.2) is 37.7 Å². The molecule has 0 saturated carbocycles. The number of hydrogen-bond donors (Lipinski definition) is 1. The lowest BCUT2D eigenvalue weighted by molar-refractivity contribution is 0.131. The van der Waals surface area contributed by atoms with Crippen LogP contribution in [0.3, 0.4) is 0 Å². The van der Waals surface area contributed by atoms with Gasteiger partial charge in [-0.15, -0.1) is 0 Å². The van der Waals surface area contributed by atoms with Crippen molar-refractivity contribution < 1.29 is 4.74 Å². The molecule has 2 saturated heterocycles. The molecule has 3 heteroatoms. The van der Waals surface area contributed by atoms with Gasteiger partial charge in [-0.05, 0) is 69.8 Å². The highest BCUT2D eigenvalue weighted by molar-refractivity contribution is 5.30. The number of nitrogens with zero attached hydrogens (tertiary/aromatic N) is 1. The molecule has 1 N–H and O–H groups in total. The third-order valence-corrected chi connectivity index (χ3v) is 5.50. The van der Waals surface area contributed by atoms with Crippen LogP contribution in [0.2, 0.25) is 0 Å². The number of fused-ring (bicyclic) bond motifs is 2. The summed E-state index contributed by atoms with van der Waals surface area (Å²) in [4.78, 5) is 2.61. The largest absolute Gasteiger partial charge is 0.497 e. The van der Waals surface area contributed by atoms with Crippen molar-refractivity contribution in [1.29, 1.82) is 0 Å². The molecule has 3 atom stereocenters. The van der Waals surface area contributed by atoms with Crippen LogP contribution < -0.4 is 10.1 Å². The predicted molar refractivity (Wildman–Crippen MR) is 86.7 cm³/mol. The highest BCUT2D eigenvalue weighted by atomic mass is 16.5. The van der Waals surface area contributed by atoms with Crippen LogP contribution in [0.5, 0.6) is 5.75 Å². The van der Waals surface area contributed by atoms with Crippen molar-refractivity contribution in [3.8, 4) is 5.75 Å². The van der Waals surface area contributed by atoms with Crippen molar-refractivity contribution in [3.05, 3.63) is 29.8 Å². The zero-order valence-electron chi connectivity index (χ0n) is 13.5. The maximum atomic E-state index is 5.31. The van der Waals surface area contributed by atoms with E-state index in [0.29, 0.717) is 6.04 Å². The monoisotopic (exact) mass is 288 g/mol. The summed E-state index contributed by atoms with van der Waals surface area (Å²) >= 11 is 0. The van der Waals surface area contributed by atoms with Crippen molar-refractivity contribution >= 4 is 0 Å². The van der Waals surface area contributed by atoms with Gasteiger partial charge in [-0.25, -0.2) is 0 Å². The molecular weight excluding hydrogens is 260 g/mol. The normalized spacial score (nSPS) is 30.3. The molecule has 116 valence electrons. The Labute approximate surface area is 128 Å². The SMILES string of the molecule is COc1cccc(C(C)NCC2CC3CCC(C2)N3C)c1. The molecule has 2 fully saturated rings. The number of piperidine rings is 1. The average molecular weight is 288 g/mol. The van der Waals surface area contributed by atoms with E-state index in [2.05, 4.69) is 42.4 Å². The lowest BCUT2D eigenvalue weighted by Gasteiger charge is -2.36. The standard InChI is InChI=1S/C18H28N2O/c1-13(15-5-4-6-18(11-15)21-3)19-12-14-9-16-7-8-17(10-14)20(16)2/h4-6,11,13-14,16-17,19H,7-10,12H2,1-3H3. The molecule has 3 unspecified atom stereocenters. The first-order valence-corrected chi connectivity index (χ1v) is 8.26. The molecule has 21 heavy (non-hydrogen) atoms. The summed E-state index contributed by atoms with van der Waals surface area (Å²) in [6, 6.07) is 10.4. The summed E-state index contributed by atoms with van der Waals surface area (Å²) in [5.41, 5.74) is 1.31. The van der Waals surface area contributed by atoms with Crippen molar-refractivity contribution in [2.24, 2.45) is 5.92 Å². The molecule has 1 aromatic carbocycles. The predicted octanol–water partition coefficient (Wildman–Crippen LogP) is 3.22. The van der Waals surface area contributed by atoms with Gasteiger partial charge in [0.2, 0.25) is 0 Å². The van der Waals surface area contributed by atoms with Gasteiger partial charge in [0.25, 0.3) is 0 Å². The highest BCUT2D eigenvalue weighted by Gasteiger charge is 2.38. The number of nitrogens with one attached hydrogen (secondary N) is 1. The van der Waals surface area contributed by atoms with E-state index in [-0.39, 0.29) is 0 Å². The summed E-state index contributed by atoms with van der Waals surface area (Å²) in [5.74, 6) is 1.78. The lowest BCUT2D eigenvalue weighted by atomic mass is 9.90. The molecule has 3 nitrogen and oxygen atoms in total. The lowest BCUT2D eigenvalue weighted by Crippen LogP contribution is -2.42. The molecule has 2 heterocycles. The second-order valence-electron chi connectivity index (χ2n) is 6.79. The van der Waals surface area contributed by atoms with Gasteiger partial charge < -0.3 is 15.0 Å². The van der Waals surface area contributed by atoms with E-state index in [1.807, 2.05) is 6.07 Å². The number of methoxy groups -OCH3 is 1. The third-order valence-electron chi connectivity index (χ3n) is 5.50. The second kappa shape index (κ2) is 6.37. The Morgan fingerprint density at radius 1 is 1.29 bits per heavy atom. The highest BCUT2D eigenvalue weighted by Crippen LogP contribution is 2.37. The van der Waals surface area contributed by atoms with Crippen molar-refractivity contribution in [1.82, 2.24) is 10.2 Å². The van der Waals surface area contributed by atoms with E-state index in [4.69, 9.17) is 4.74 Å². The van der Waals surface area contributed by atoms with E-state index in [0.717, 1.165) is 30.3 Å². The van der Waals surface area contributed by atoms with E-state index in [1.54, 1.807) is 7.11 Å². The van der Waals surface area contributed by atoms with Crippen molar-refractivity contribution in [2.75, 3.05) is 20.7 Å². The van der Waals surface area contributed by atoms with Crippen molar-refractivity contribution in [3.63, 3.8) is 0 Å². The van der Waals surface area contributed by atoms with Gasteiger partial charge in [0.15, 0.2) is 0 Å². The van der Waals surface area contributed by atoms with Gasteiger partial charge in [-0.1, -0.05) is 12.1 Å². The second-order valence-corrected chi connectivity index (χ2v) is 6.79. The number of benzene rings is 1. The van der Waals surface area contributed by atoms with Crippen LogP contribution in [0, 0.1) is 5.92 Å². The first-order chi connectivity index (χ1) is 10.2. The molecule has 0 amide bonds. The summed E-state index contributed by atoms with van der Waals surface area (Å²) in [6.45, 7) is 3.39. The van der Waals surface area contributed by atoms with Crippen LogP contribution in [0.1, 0.15) is 44.2 Å². The first-order valence-electron chi connectivity index (χ1n) is 8.26. The van der Waals surface area contributed by atoms with Crippen molar-refractivity contribution in [2.45, 2.75) is 50.7 Å². The molecule has 2 aliphatic heterocycles. The summed E-state index contributed by atoms with van der Waals surface area (Å²) < 4.78 is 5.31. The van der Waals surface area contributed by atoms with Crippen LogP contribution in [0.25, 0.3) is 0 Å². The Hall–Kier alpha value is -1.06. The summed E-state index contributed by atoms with van der Waals surface area (Å²) in [7, 11) is 4.04. The molecule has 2 aliphatic rings. The number of ether oxygens (including phenoxy) is 1. The van der Waals surface area contributed by atoms with Gasteiger partial charge >= 0.3 is 0 Å². The maximum absolute atomic E-state index is 5.31. The fourth-order valence-corrected chi connectivity index (χ4v) is 4.06. The number of hydrogen-bond acceptors (Lipinski definition) is 3. The molecule has 0 radical (unpaired) electrons. The van der Waals surface area contributed by atoms with E-state index in [9.17, 15) is 0 Å². The topological polar surface area (TPSA) is 24.5 Å². The molecule has 1 aromatic rings. The zero-order chi connectivity index (χ0) is 14.8. The van der Waals surface area contributed by atoms with Crippen LogP contribution in [0.4, 0.5) is 0 Å². The average Bonchev–Trinajstić information content (AvgIpc) is 2.74. The maximum Gasteiger partial charge on any atom is 0.119 e. The Morgan fingerprint density at radius 3 is 2.67 bits per heavy atom. The van der Waals surface area contributed by atoms with Crippen LogP contribution in [-0.2, 0) is 0 Å². The Bertz CT molecular complexity index is 462. The molecular formula is C18H28N2O. The van der Waals surface area contributed by atoms with Gasteiger partial charge in [0.1, 0.15) is 5.75 Å². The van der Waals surface area contributed by atoms with Gasteiger partial charge in [-0.3, -0.25) is 0 Å². The third kappa shape index (κ3) is 3.24. The minimum atomic E-state index is 0.386. The summed E-state index contributed by atoms with van der Waals surface area (Å²) in [5, 5.41) is 3.73. The Morgan fingerprint density at radius 2 is 2.00 bits per heavy atom. The van der Waals surface area contributed by atoms with Crippen LogP contribution in [0.15, 0.2) is 24.3 Å². The quantitative estimate of drug-likeness (QED) is 0.900. The van der Waals surface area contributed by atoms with Gasteiger partial charge in [-0.2, -0.15) is 0 Å². The Kier molecular flexibility index (Phi) is 4.51. The fourth-order valence-electron chi connectivity index (χ4n) is 4.06. The van der Waals surface area contributed by atoms with E-state index >= 15 is 0 Å². The number of rotatable bonds is 5. The molecule has 0 aromatic heterocycles. The molecule has 2 bridgehead atoms. The Balaban J connectivity index is 1.53. The smallest absolute Gasteiger partial charge is 0.119 e. The minimum absolute atomic E-state index is 0.386. The van der Waals surface area contributed by atoms with E-state index in [1.165, 1.54) is 31.2 Å². The van der Waals surface area contributed by atoms with Gasteiger partial charge in [0, 0.05) is 18.1 Å².